The van der Waals surface area contributed by atoms with Crippen molar-refractivity contribution >= 4 is 11.9 Å². The summed E-state index contributed by atoms with van der Waals surface area (Å²) in [5.74, 6) is -0.0257. The Kier molecular flexibility index (Phi) is 5.09. The first kappa shape index (κ1) is 17.6. The van der Waals surface area contributed by atoms with Crippen LogP contribution >= 0.6 is 0 Å². The van der Waals surface area contributed by atoms with Crippen molar-refractivity contribution in [2.45, 2.75) is 19.3 Å². The highest BCUT2D eigenvalue weighted by atomic mass is 16.2. The number of carbonyl (C=O) groups excluding carboxylic acids is 2. The number of rotatable bonds is 2. The Hall–Kier alpha value is -2.83. The van der Waals surface area contributed by atoms with Crippen molar-refractivity contribution in [1.29, 1.82) is 0 Å². The first-order valence-corrected chi connectivity index (χ1v) is 9.65. The summed E-state index contributed by atoms with van der Waals surface area (Å²) in [5.41, 5.74) is 1.50. The SMILES string of the molecule is O=C(c1cnn(-c2ccccc2)c1)N1CCN(C(=O)N2CCCCC2)CC1. The largest absolute Gasteiger partial charge is 0.335 e. The normalized spacial score (nSPS) is 17.9. The van der Waals surface area contributed by atoms with Gasteiger partial charge in [-0.1, -0.05) is 18.2 Å². The maximum absolute atomic E-state index is 12.8. The molecular formula is C20H25N5O2. The first-order chi connectivity index (χ1) is 13.2. The number of likely N-dealkylation sites (tertiary alicyclic amines) is 1. The molecule has 0 unspecified atom stereocenters. The summed E-state index contributed by atoms with van der Waals surface area (Å²) in [6, 6.07) is 9.86. The summed E-state index contributed by atoms with van der Waals surface area (Å²) in [6.45, 7) is 4.03. The molecule has 2 fully saturated rings. The Morgan fingerprint density at radius 2 is 1.41 bits per heavy atom. The summed E-state index contributed by atoms with van der Waals surface area (Å²) in [5, 5.41) is 4.30. The average molecular weight is 367 g/mol. The van der Waals surface area contributed by atoms with E-state index in [1.54, 1.807) is 17.1 Å². The van der Waals surface area contributed by atoms with Gasteiger partial charge in [0.2, 0.25) is 0 Å². The van der Waals surface area contributed by atoms with Crippen molar-refractivity contribution in [2.75, 3.05) is 39.3 Å². The molecule has 0 aliphatic carbocycles. The van der Waals surface area contributed by atoms with Crippen LogP contribution in [0.1, 0.15) is 29.6 Å². The third-order valence-electron chi connectivity index (χ3n) is 5.31. The van der Waals surface area contributed by atoms with Crippen LogP contribution in [-0.2, 0) is 0 Å². The number of piperidine rings is 1. The molecule has 1 aromatic heterocycles. The van der Waals surface area contributed by atoms with E-state index >= 15 is 0 Å². The number of amides is 3. The lowest BCUT2D eigenvalue weighted by molar-refractivity contribution is 0.0633. The number of para-hydroxylation sites is 1. The molecule has 0 bridgehead atoms. The smallest absolute Gasteiger partial charge is 0.320 e. The zero-order valence-electron chi connectivity index (χ0n) is 15.5. The number of aromatic nitrogens is 2. The standard InChI is InChI=1S/C20H25N5O2/c26-19(17-15-21-25(16-17)18-7-3-1-4-8-18)22-11-13-24(14-12-22)20(27)23-9-5-2-6-10-23/h1,3-4,7-8,15-16H,2,5-6,9-14H2. The molecular weight excluding hydrogens is 342 g/mol. The number of urea groups is 1. The Balaban J connectivity index is 1.35. The van der Waals surface area contributed by atoms with Crippen molar-refractivity contribution in [1.82, 2.24) is 24.5 Å². The van der Waals surface area contributed by atoms with Crippen molar-refractivity contribution in [3.8, 4) is 5.69 Å². The molecule has 0 spiro atoms. The Morgan fingerprint density at radius 3 is 2.11 bits per heavy atom. The van der Waals surface area contributed by atoms with Gasteiger partial charge in [-0.25, -0.2) is 9.48 Å². The molecule has 0 N–H and O–H groups in total. The van der Waals surface area contributed by atoms with E-state index in [0.29, 0.717) is 31.7 Å². The van der Waals surface area contributed by atoms with Crippen molar-refractivity contribution in [3.05, 3.63) is 48.3 Å². The molecule has 0 radical (unpaired) electrons. The lowest BCUT2D eigenvalue weighted by atomic mass is 10.1. The minimum atomic E-state index is -0.0257. The van der Waals surface area contributed by atoms with Crippen LogP contribution in [-0.4, -0.2) is 75.7 Å². The lowest BCUT2D eigenvalue weighted by Crippen LogP contribution is -2.54. The van der Waals surface area contributed by atoms with E-state index in [0.717, 1.165) is 31.6 Å². The van der Waals surface area contributed by atoms with E-state index in [2.05, 4.69) is 5.10 Å². The third kappa shape index (κ3) is 3.82. The van der Waals surface area contributed by atoms with Gasteiger partial charge in [0.1, 0.15) is 0 Å². The van der Waals surface area contributed by atoms with Crippen LogP contribution in [0.25, 0.3) is 5.69 Å². The molecule has 2 saturated heterocycles. The number of nitrogens with zero attached hydrogens (tertiary/aromatic N) is 5. The van der Waals surface area contributed by atoms with Gasteiger partial charge in [0, 0.05) is 45.5 Å². The monoisotopic (exact) mass is 367 g/mol. The summed E-state index contributed by atoms with van der Waals surface area (Å²) < 4.78 is 1.71. The van der Waals surface area contributed by atoms with Crippen molar-refractivity contribution in [2.24, 2.45) is 0 Å². The predicted molar refractivity (Wildman–Crippen MR) is 102 cm³/mol. The minimum Gasteiger partial charge on any atom is -0.335 e. The van der Waals surface area contributed by atoms with E-state index in [1.807, 2.05) is 45.0 Å². The summed E-state index contributed by atoms with van der Waals surface area (Å²) in [4.78, 5) is 31.0. The topological polar surface area (TPSA) is 61.7 Å². The molecule has 2 aliphatic heterocycles. The molecule has 2 aromatic rings. The van der Waals surface area contributed by atoms with Crippen molar-refractivity contribution < 1.29 is 9.59 Å². The van der Waals surface area contributed by atoms with Crippen LogP contribution in [0.5, 0.6) is 0 Å². The van der Waals surface area contributed by atoms with Crippen LogP contribution in [0.15, 0.2) is 42.7 Å². The maximum atomic E-state index is 12.8. The van der Waals surface area contributed by atoms with Gasteiger partial charge < -0.3 is 14.7 Å². The van der Waals surface area contributed by atoms with Gasteiger partial charge in [-0.3, -0.25) is 4.79 Å². The molecule has 142 valence electrons. The molecule has 3 amide bonds. The fourth-order valence-corrected chi connectivity index (χ4v) is 3.72. The van der Waals surface area contributed by atoms with Gasteiger partial charge >= 0.3 is 6.03 Å². The van der Waals surface area contributed by atoms with Gasteiger partial charge in [0.15, 0.2) is 0 Å². The molecule has 0 saturated carbocycles. The van der Waals surface area contributed by atoms with E-state index in [1.165, 1.54) is 6.42 Å². The third-order valence-corrected chi connectivity index (χ3v) is 5.31. The second-order valence-electron chi connectivity index (χ2n) is 7.12. The highest BCUT2D eigenvalue weighted by Gasteiger charge is 2.28. The van der Waals surface area contributed by atoms with Gasteiger partial charge in [0.25, 0.3) is 5.91 Å². The number of hydrogen-bond acceptors (Lipinski definition) is 3. The number of carbonyl (C=O) groups is 2. The van der Waals surface area contributed by atoms with E-state index in [-0.39, 0.29) is 11.9 Å². The van der Waals surface area contributed by atoms with Crippen LogP contribution in [0.2, 0.25) is 0 Å². The Labute approximate surface area is 159 Å². The van der Waals surface area contributed by atoms with Gasteiger partial charge in [-0.15, -0.1) is 0 Å². The lowest BCUT2D eigenvalue weighted by Gasteiger charge is -2.38. The first-order valence-electron chi connectivity index (χ1n) is 9.65. The summed E-state index contributed by atoms with van der Waals surface area (Å²) in [6.07, 6.45) is 6.78. The average Bonchev–Trinajstić information content (AvgIpc) is 3.24. The minimum absolute atomic E-state index is 0.0257. The highest BCUT2D eigenvalue weighted by Crippen LogP contribution is 2.15. The number of benzene rings is 1. The van der Waals surface area contributed by atoms with E-state index < -0.39 is 0 Å². The zero-order valence-corrected chi connectivity index (χ0v) is 15.5. The van der Waals surface area contributed by atoms with E-state index in [4.69, 9.17) is 0 Å². The summed E-state index contributed by atoms with van der Waals surface area (Å²) >= 11 is 0. The number of piperazine rings is 1. The maximum Gasteiger partial charge on any atom is 0.320 e. The van der Waals surface area contributed by atoms with Gasteiger partial charge in [-0.2, -0.15) is 5.10 Å². The molecule has 7 heteroatoms. The van der Waals surface area contributed by atoms with E-state index in [9.17, 15) is 9.59 Å². The number of hydrogen-bond donors (Lipinski definition) is 0. The van der Waals surface area contributed by atoms with Gasteiger partial charge in [-0.05, 0) is 31.4 Å². The fraction of sp³-hybridized carbons (Fsp3) is 0.450. The molecule has 7 nitrogen and oxygen atoms in total. The predicted octanol–water partition coefficient (Wildman–Crippen LogP) is 2.24. The van der Waals surface area contributed by atoms with Gasteiger partial charge in [0.05, 0.1) is 17.4 Å². The molecule has 1 aromatic carbocycles. The Morgan fingerprint density at radius 1 is 0.778 bits per heavy atom. The van der Waals surface area contributed by atoms with Crippen LogP contribution in [0.4, 0.5) is 4.79 Å². The Bertz CT molecular complexity index is 790. The second kappa shape index (κ2) is 7.82. The fourth-order valence-electron chi connectivity index (χ4n) is 3.72. The quantitative estimate of drug-likeness (QED) is 0.818. The van der Waals surface area contributed by atoms with Crippen LogP contribution in [0.3, 0.4) is 0 Å². The molecule has 0 atom stereocenters. The zero-order chi connectivity index (χ0) is 18.6. The molecule has 3 heterocycles. The molecule has 27 heavy (non-hydrogen) atoms. The van der Waals surface area contributed by atoms with Crippen LogP contribution in [0, 0.1) is 0 Å². The van der Waals surface area contributed by atoms with Crippen LogP contribution < -0.4 is 0 Å². The second-order valence-corrected chi connectivity index (χ2v) is 7.12. The highest BCUT2D eigenvalue weighted by molar-refractivity contribution is 5.94. The molecule has 2 aliphatic rings. The van der Waals surface area contributed by atoms with Crippen molar-refractivity contribution in [3.63, 3.8) is 0 Å². The molecule has 4 rings (SSSR count). The summed E-state index contributed by atoms with van der Waals surface area (Å²) in [7, 11) is 0.